The second-order valence-electron chi connectivity index (χ2n) is 6.19. The predicted molar refractivity (Wildman–Crippen MR) is 116 cm³/mol. The van der Waals surface area contributed by atoms with Crippen LogP contribution in [0.4, 0.5) is 5.69 Å². The molecule has 1 aliphatic heterocycles. The molecule has 1 amide bonds. The Labute approximate surface area is 178 Å². The highest BCUT2D eigenvalue weighted by Crippen LogP contribution is 2.42. The molecular weight excluding hydrogens is 408 g/mol. The summed E-state index contributed by atoms with van der Waals surface area (Å²) in [4.78, 5) is 17.5. The zero-order valence-electron chi connectivity index (χ0n) is 16.1. The highest BCUT2D eigenvalue weighted by atomic mass is 35.5. The van der Waals surface area contributed by atoms with E-state index in [1.165, 1.54) is 18.9 Å². The summed E-state index contributed by atoms with van der Waals surface area (Å²) in [5.74, 6) is -0.448. The van der Waals surface area contributed by atoms with Crippen molar-refractivity contribution >= 4 is 35.0 Å². The van der Waals surface area contributed by atoms with Crippen LogP contribution in [0.3, 0.4) is 0 Å². The molecule has 0 saturated carbocycles. The van der Waals surface area contributed by atoms with E-state index in [0.717, 1.165) is 0 Å². The van der Waals surface area contributed by atoms with Crippen molar-refractivity contribution in [3.05, 3.63) is 75.2 Å². The fourth-order valence-electron chi connectivity index (χ4n) is 3.24. The first-order valence-electron chi connectivity index (χ1n) is 8.72. The second-order valence-corrected chi connectivity index (χ2v) is 7.37. The maximum Gasteiger partial charge on any atom is 0.254 e. The number of hydrogen-bond donors (Lipinski definition) is 2. The molecule has 1 aromatic heterocycles. The zero-order valence-corrected chi connectivity index (χ0v) is 17.7. The monoisotopic (exact) mass is 426 g/mol. The first-order chi connectivity index (χ1) is 14.0. The Bertz CT molecular complexity index is 1060. The topological polar surface area (TPSA) is 87.0 Å². The van der Waals surface area contributed by atoms with E-state index >= 15 is 0 Å². The van der Waals surface area contributed by atoms with Gasteiger partial charge in [-0.2, -0.15) is 5.26 Å². The molecule has 29 heavy (non-hydrogen) atoms. The van der Waals surface area contributed by atoms with Gasteiger partial charge in [0.05, 0.1) is 35.4 Å². The fourth-order valence-corrected chi connectivity index (χ4v) is 4.10. The fraction of sp³-hybridized carbons (Fsp3) is 0.190. The van der Waals surface area contributed by atoms with Crippen molar-refractivity contribution in [2.45, 2.75) is 12.8 Å². The quantitative estimate of drug-likeness (QED) is 0.687. The van der Waals surface area contributed by atoms with Gasteiger partial charge >= 0.3 is 0 Å². The van der Waals surface area contributed by atoms with Crippen LogP contribution in [0.15, 0.2) is 64.5 Å². The molecule has 0 saturated heterocycles. The molecule has 3 rings (SSSR count). The summed E-state index contributed by atoms with van der Waals surface area (Å²) in [6.07, 6.45) is 3.44. The molecule has 148 valence electrons. The largest absolute Gasteiger partial charge is 0.495 e. The number of carbonyl (C=O) groups is 1. The van der Waals surface area contributed by atoms with E-state index in [2.05, 4.69) is 21.7 Å². The molecular formula is C21H19ClN4O2S. The number of aromatic nitrogens is 1. The number of allylic oxidation sites excluding steroid dienone is 2. The van der Waals surface area contributed by atoms with E-state index in [1.54, 1.807) is 43.5 Å². The van der Waals surface area contributed by atoms with Crippen molar-refractivity contribution in [2.75, 3.05) is 18.7 Å². The number of amides is 1. The van der Waals surface area contributed by atoms with Crippen LogP contribution in [-0.2, 0) is 4.79 Å². The van der Waals surface area contributed by atoms with Crippen LogP contribution in [-0.4, -0.2) is 24.3 Å². The number of nitriles is 1. The molecule has 1 aliphatic rings. The number of carbonyl (C=O) groups excluding carboxylic acids is 1. The number of nitrogens with zero attached hydrogens (tertiary/aromatic N) is 2. The summed E-state index contributed by atoms with van der Waals surface area (Å²) in [5.41, 5.74) is 2.60. The molecule has 2 N–H and O–H groups in total. The Kier molecular flexibility index (Phi) is 6.47. The Morgan fingerprint density at radius 2 is 2.10 bits per heavy atom. The van der Waals surface area contributed by atoms with Gasteiger partial charge in [0.25, 0.3) is 5.91 Å². The van der Waals surface area contributed by atoms with E-state index in [0.29, 0.717) is 38.9 Å². The van der Waals surface area contributed by atoms with Gasteiger partial charge in [0.2, 0.25) is 0 Å². The Morgan fingerprint density at radius 3 is 2.76 bits per heavy atom. The molecule has 2 heterocycles. The number of halogens is 1. The third-order valence-corrected chi connectivity index (χ3v) is 5.60. The number of dihydropyridines is 1. The molecule has 0 aliphatic carbocycles. The van der Waals surface area contributed by atoms with Crippen molar-refractivity contribution in [3.8, 4) is 11.8 Å². The number of pyridine rings is 1. The lowest BCUT2D eigenvalue weighted by Gasteiger charge is -2.29. The molecule has 0 fully saturated rings. The normalized spacial score (nSPS) is 16.2. The van der Waals surface area contributed by atoms with Crippen molar-refractivity contribution in [2.24, 2.45) is 0 Å². The van der Waals surface area contributed by atoms with Gasteiger partial charge in [-0.3, -0.25) is 4.79 Å². The highest BCUT2D eigenvalue weighted by Gasteiger charge is 2.36. The van der Waals surface area contributed by atoms with E-state index in [-0.39, 0.29) is 11.1 Å². The number of para-hydroxylation sites is 2. The number of ether oxygens (including phenoxy) is 1. The number of nitrogens with one attached hydrogen (secondary N) is 2. The molecule has 0 radical (unpaired) electrons. The number of anilines is 1. The number of thioether (sulfide) groups is 1. The van der Waals surface area contributed by atoms with Crippen LogP contribution >= 0.6 is 23.4 Å². The van der Waals surface area contributed by atoms with Gasteiger partial charge in [-0.15, -0.1) is 11.8 Å². The molecule has 1 atom stereocenters. The van der Waals surface area contributed by atoms with Crippen LogP contribution in [0.25, 0.3) is 0 Å². The van der Waals surface area contributed by atoms with Crippen molar-refractivity contribution in [1.29, 1.82) is 5.26 Å². The van der Waals surface area contributed by atoms with Gasteiger partial charge in [0.1, 0.15) is 10.9 Å². The van der Waals surface area contributed by atoms with E-state index in [4.69, 9.17) is 16.3 Å². The van der Waals surface area contributed by atoms with Gasteiger partial charge in [-0.25, -0.2) is 4.98 Å². The molecule has 1 unspecified atom stereocenters. The molecule has 0 spiro atoms. The van der Waals surface area contributed by atoms with Gasteiger partial charge in [-0.05, 0) is 31.4 Å². The standard InChI is InChI=1S/C21H19ClN4O2S/c1-12-17(20(27)26-15-8-4-5-9-16(15)28-2)18(13-7-6-10-24-19(13)22)14(11-23)21(25-12)29-3/h4-10,18,25H,1-3H3,(H,26,27). The van der Waals surface area contributed by atoms with Crippen molar-refractivity contribution in [1.82, 2.24) is 10.3 Å². The predicted octanol–water partition coefficient (Wildman–Crippen LogP) is 4.44. The van der Waals surface area contributed by atoms with Gasteiger partial charge in [-0.1, -0.05) is 29.8 Å². The summed E-state index contributed by atoms with van der Waals surface area (Å²) in [5, 5.41) is 16.9. The van der Waals surface area contributed by atoms with E-state index in [9.17, 15) is 10.1 Å². The third kappa shape index (κ3) is 4.09. The summed E-state index contributed by atoms with van der Waals surface area (Å²) < 4.78 is 5.33. The molecule has 8 heteroatoms. The minimum absolute atomic E-state index is 0.253. The maximum atomic E-state index is 13.3. The molecule has 1 aromatic carbocycles. The number of rotatable bonds is 5. The lowest BCUT2D eigenvalue weighted by Crippen LogP contribution is -2.30. The van der Waals surface area contributed by atoms with Crippen LogP contribution in [0, 0.1) is 11.3 Å². The Hall–Kier alpha value is -2.95. The SMILES string of the molecule is COc1ccccc1NC(=O)C1=C(C)NC(SC)=C(C#N)C1c1cccnc1Cl. The summed E-state index contributed by atoms with van der Waals surface area (Å²) in [7, 11) is 1.54. The van der Waals surface area contributed by atoms with Crippen molar-refractivity contribution < 1.29 is 9.53 Å². The van der Waals surface area contributed by atoms with Crippen LogP contribution < -0.4 is 15.4 Å². The Balaban J connectivity index is 2.11. The zero-order chi connectivity index (χ0) is 21.0. The van der Waals surface area contributed by atoms with Gasteiger partial charge in [0.15, 0.2) is 0 Å². The smallest absolute Gasteiger partial charge is 0.254 e. The Morgan fingerprint density at radius 1 is 1.34 bits per heavy atom. The summed E-state index contributed by atoms with van der Waals surface area (Å²) >= 11 is 7.76. The van der Waals surface area contributed by atoms with Gasteiger partial charge < -0.3 is 15.4 Å². The van der Waals surface area contributed by atoms with Crippen LogP contribution in [0.5, 0.6) is 5.75 Å². The maximum absolute atomic E-state index is 13.3. The van der Waals surface area contributed by atoms with Crippen LogP contribution in [0.2, 0.25) is 5.15 Å². The molecule has 6 nitrogen and oxygen atoms in total. The van der Waals surface area contributed by atoms with E-state index in [1.807, 2.05) is 12.3 Å². The average Bonchev–Trinajstić information content (AvgIpc) is 2.73. The number of benzene rings is 1. The summed E-state index contributed by atoms with van der Waals surface area (Å²) in [6, 6.07) is 12.9. The minimum atomic E-state index is -0.639. The lowest BCUT2D eigenvalue weighted by molar-refractivity contribution is -0.113. The number of methoxy groups -OCH3 is 1. The van der Waals surface area contributed by atoms with Crippen molar-refractivity contribution in [3.63, 3.8) is 0 Å². The molecule has 2 aromatic rings. The first-order valence-corrected chi connectivity index (χ1v) is 10.3. The van der Waals surface area contributed by atoms with E-state index < -0.39 is 5.92 Å². The summed E-state index contributed by atoms with van der Waals surface area (Å²) in [6.45, 7) is 1.80. The first kappa shape index (κ1) is 20.8. The third-order valence-electron chi connectivity index (χ3n) is 4.55. The lowest BCUT2D eigenvalue weighted by atomic mass is 9.82. The average molecular weight is 427 g/mol. The van der Waals surface area contributed by atoms with Gasteiger partial charge in [0, 0.05) is 23.0 Å². The van der Waals surface area contributed by atoms with Crippen LogP contribution in [0.1, 0.15) is 18.4 Å². The highest BCUT2D eigenvalue weighted by molar-refractivity contribution is 8.02. The molecule has 0 bridgehead atoms. The number of hydrogen-bond acceptors (Lipinski definition) is 6. The minimum Gasteiger partial charge on any atom is -0.495 e. The second kappa shape index (κ2) is 9.03.